The van der Waals surface area contributed by atoms with Crippen LogP contribution in [-0.2, 0) is 0 Å². The number of aliphatic hydroxyl groups is 1. The van der Waals surface area contributed by atoms with Crippen molar-refractivity contribution in [1.29, 1.82) is 0 Å². The van der Waals surface area contributed by atoms with Crippen molar-refractivity contribution in [3.63, 3.8) is 0 Å². The van der Waals surface area contributed by atoms with Gasteiger partial charge in [0.05, 0.1) is 38.7 Å². The number of para-hydroxylation sites is 1. The van der Waals surface area contributed by atoms with Gasteiger partial charge in [-0.25, -0.2) is 0 Å². The Morgan fingerprint density at radius 1 is 0.913 bits per heavy atom. The summed E-state index contributed by atoms with van der Waals surface area (Å²) in [7, 11) is 4.51. The van der Waals surface area contributed by atoms with Crippen LogP contribution in [0.25, 0.3) is 5.57 Å². The molecule has 5 heteroatoms. The summed E-state index contributed by atoms with van der Waals surface area (Å²) in [5.41, 5.74) is 0.936. The molecule has 0 bridgehead atoms. The molecule has 0 spiro atoms. The number of methoxy groups -OCH3 is 3. The first kappa shape index (κ1) is 16.4. The van der Waals surface area contributed by atoms with Crippen molar-refractivity contribution in [3.05, 3.63) is 59.9 Å². The highest BCUT2D eigenvalue weighted by molar-refractivity contribution is 6.30. The number of ether oxygens (including phenoxy) is 3. The Bertz CT molecular complexity index is 734. The number of benzene rings is 2. The fraction of sp³-hybridized carbons (Fsp3) is 0.167. The SMILES string of the molecule is COc1ccc(C(=O)/C(=C/O)c2ccccc2OC)c(OC)c1. The van der Waals surface area contributed by atoms with Crippen LogP contribution in [0.5, 0.6) is 17.2 Å². The molecular formula is C18H18O5. The van der Waals surface area contributed by atoms with Crippen LogP contribution in [0.3, 0.4) is 0 Å². The van der Waals surface area contributed by atoms with E-state index in [1.165, 1.54) is 21.3 Å². The van der Waals surface area contributed by atoms with Gasteiger partial charge in [-0.3, -0.25) is 4.79 Å². The molecule has 0 amide bonds. The van der Waals surface area contributed by atoms with Crippen molar-refractivity contribution < 1.29 is 24.1 Å². The van der Waals surface area contributed by atoms with Gasteiger partial charge < -0.3 is 19.3 Å². The van der Waals surface area contributed by atoms with E-state index in [2.05, 4.69) is 0 Å². The summed E-state index contributed by atoms with van der Waals surface area (Å²) in [6, 6.07) is 11.8. The van der Waals surface area contributed by atoms with E-state index in [1.54, 1.807) is 42.5 Å². The van der Waals surface area contributed by atoms with Crippen LogP contribution in [0.15, 0.2) is 48.7 Å². The Morgan fingerprint density at radius 3 is 2.22 bits per heavy atom. The van der Waals surface area contributed by atoms with Crippen LogP contribution < -0.4 is 14.2 Å². The van der Waals surface area contributed by atoms with Gasteiger partial charge in [0, 0.05) is 11.6 Å². The molecule has 0 aliphatic heterocycles. The maximum absolute atomic E-state index is 12.8. The van der Waals surface area contributed by atoms with Gasteiger partial charge >= 0.3 is 0 Å². The van der Waals surface area contributed by atoms with E-state index in [-0.39, 0.29) is 11.4 Å². The lowest BCUT2D eigenvalue weighted by atomic mass is 9.96. The average Bonchev–Trinajstić information content (AvgIpc) is 2.61. The molecule has 0 aliphatic rings. The zero-order chi connectivity index (χ0) is 16.8. The molecule has 0 radical (unpaired) electrons. The Morgan fingerprint density at radius 2 is 1.61 bits per heavy atom. The summed E-state index contributed by atoms with van der Waals surface area (Å²) in [6.45, 7) is 0. The number of carbonyl (C=O) groups excluding carboxylic acids is 1. The van der Waals surface area contributed by atoms with Crippen LogP contribution in [0.1, 0.15) is 15.9 Å². The van der Waals surface area contributed by atoms with Crippen molar-refractivity contribution in [1.82, 2.24) is 0 Å². The highest BCUT2D eigenvalue weighted by atomic mass is 16.5. The lowest BCUT2D eigenvalue weighted by Gasteiger charge is -2.13. The minimum atomic E-state index is -0.378. The standard InChI is InChI=1S/C18H18O5/c1-21-12-8-9-14(17(10-12)23-3)18(20)15(11-19)13-6-4-5-7-16(13)22-2/h4-11,19H,1-3H3/b15-11+. The van der Waals surface area contributed by atoms with Crippen LogP contribution in [0, 0.1) is 0 Å². The molecule has 2 aromatic rings. The Kier molecular flexibility index (Phi) is 5.25. The monoisotopic (exact) mass is 314 g/mol. The largest absolute Gasteiger partial charge is 0.515 e. The molecule has 2 aromatic carbocycles. The predicted molar refractivity (Wildman–Crippen MR) is 87.5 cm³/mol. The van der Waals surface area contributed by atoms with Crippen LogP contribution in [-0.4, -0.2) is 32.2 Å². The smallest absolute Gasteiger partial charge is 0.200 e. The fourth-order valence-electron chi connectivity index (χ4n) is 2.25. The van der Waals surface area contributed by atoms with Crippen molar-refractivity contribution in [3.8, 4) is 17.2 Å². The maximum Gasteiger partial charge on any atom is 0.200 e. The van der Waals surface area contributed by atoms with E-state index in [4.69, 9.17) is 14.2 Å². The highest BCUT2D eigenvalue weighted by Crippen LogP contribution is 2.32. The molecule has 0 atom stereocenters. The minimum absolute atomic E-state index is 0.117. The summed E-state index contributed by atoms with van der Waals surface area (Å²) < 4.78 is 15.6. The molecule has 0 heterocycles. The van der Waals surface area contributed by atoms with E-state index in [9.17, 15) is 9.90 Å². The van der Waals surface area contributed by atoms with Gasteiger partial charge in [-0.1, -0.05) is 18.2 Å². The van der Waals surface area contributed by atoms with Gasteiger partial charge in [-0.2, -0.15) is 0 Å². The second-order valence-corrected chi connectivity index (χ2v) is 4.64. The summed E-state index contributed by atoms with van der Waals surface area (Å²) in [4.78, 5) is 12.8. The molecule has 120 valence electrons. The number of Topliss-reactive ketones (excluding diaryl/α,β-unsaturated/α-hetero) is 1. The van der Waals surface area contributed by atoms with Crippen molar-refractivity contribution in [2.24, 2.45) is 0 Å². The number of hydrogen-bond acceptors (Lipinski definition) is 5. The molecule has 0 saturated heterocycles. The second-order valence-electron chi connectivity index (χ2n) is 4.64. The van der Waals surface area contributed by atoms with Crippen LogP contribution in [0.2, 0.25) is 0 Å². The number of rotatable bonds is 6. The zero-order valence-electron chi connectivity index (χ0n) is 13.2. The minimum Gasteiger partial charge on any atom is -0.515 e. The number of ketones is 1. The van der Waals surface area contributed by atoms with E-state index in [0.29, 0.717) is 28.4 Å². The average molecular weight is 314 g/mol. The topological polar surface area (TPSA) is 65.0 Å². The second kappa shape index (κ2) is 7.35. The third kappa shape index (κ3) is 3.29. The van der Waals surface area contributed by atoms with E-state index in [0.717, 1.165) is 6.26 Å². The highest BCUT2D eigenvalue weighted by Gasteiger charge is 2.21. The molecule has 2 rings (SSSR count). The lowest BCUT2D eigenvalue weighted by Crippen LogP contribution is -2.07. The quantitative estimate of drug-likeness (QED) is 0.502. The molecule has 0 unspecified atom stereocenters. The third-order valence-electron chi connectivity index (χ3n) is 3.42. The van der Waals surface area contributed by atoms with Crippen molar-refractivity contribution >= 4 is 11.4 Å². The summed E-state index contributed by atoms with van der Waals surface area (Å²) in [6.07, 6.45) is 0.782. The first-order chi connectivity index (χ1) is 11.2. The van der Waals surface area contributed by atoms with Crippen LogP contribution in [0.4, 0.5) is 0 Å². The summed E-state index contributed by atoms with van der Waals surface area (Å²) >= 11 is 0. The molecule has 0 aliphatic carbocycles. The summed E-state index contributed by atoms with van der Waals surface area (Å²) in [5, 5.41) is 9.59. The summed E-state index contributed by atoms with van der Waals surface area (Å²) in [5.74, 6) is 1.05. The van der Waals surface area contributed by atoms with Crippen molar-refractivity contribution in [2.45, 2.75) is 0 Å². The normalized spacial score (nSPS) is 11.0. The van der Waals surface area contributed by atoms with Gasteiger partial charge in [-0.15, -0.1) is 0 Å². The molecule has 5 nitrogen and oxygen atoms in total. The van der Waals surface area contributed by atoms with Gasteiger partial charge in [-0.05, 0) is 18.2 Å². The predicted octanol–water partition coefficient (Wildman–Crippen LogP) is 3.49. The molecular weight excluding hydrogens is 296 g/mol. The lowest BCUT2D eigenvalue weighted by molar-refractivity contribution is 0.105. The first-order valence-electron chi connectivity index (χ1n) is 6.90. The van der Waals surface area contributed by atoms with E-state index in [1.807, 2.05) is 0 Å². The zero-order valence-corrected chi connectivity index (χ0v) is 13.2. The van der Waals surface area contributed by atoms with Gasteiger partial charge in [0.2, 0.25) is 5.78 Å². The Balaban J connectivity index is 2.50. The van der Waals surface area contributed by atoms with E-state index < -0.39 is 0 Å². The molecule has 0 aromatic heterocycles. The van der Waals surface area contributed by atoms with Crippen molar-refractivity contribution in [2.75, 3.05) is 21.3 Å². The fourth-order valence-corrected chi connectivity index (χ4v) is 2.25. The number of allylic oxidation sites excluding steroid dienone is 1. The number of carbonyl (C=O) groups is 1. The molecule has 0 saturated carbocycles. The number of hydrogen-bond donors (Lipinski definition) is 1. The van der Waals surface area contributed by atoms with Gasteiger partial charge in [0.15, 0.2) is 0 Å². The molecule has 23 heavy (non-hydrogen) atoms. The maximum atomic E-state index is 12.8. The Labute approximate surface area is 134 Å². The van der Waals surface area contributed by atoms with Crippen LogP contribution >= 0.6 is 0 Å². The van der Waals surface area contributed by atoms with Gasteiger partial charge in [0.1, 0.15) is 17.2 Å². The van der Waals surface area contributed by atoms with E-state index >= 15 is 0 Å². The number of aliphatic hydroxyl groups excluding tert-OH is 1. The molecule has 0 fully saturated rings. The Hall–Kier alpha value is -2.95. The molecule has 1 N–H and O–H groups in total. The first-order valence-corrected chi connectivity index (χ1v) is 6.90. The third-order valence-corrected chi connectivity index (χ3v) is 3.42. The van der Waals surface area contributed by atoms with Gasteiger partial charge in [0.25, 0.3) is 0 Å².